The minimum atomic E-state index is -3.19. The maximum absolute atomic E-state index is 12.1. The molecule has 3 heterocycles. The minimum Gasteiger partial charge on any atom is -0.356 e. The zero-order valence-corrected chi connectivity index (χ0v) is 15.4. The minimum absolute atomic E-state index is 0.0140. The summed E-state index contributed by atoms with van der Waals surface area (Å²) in [5, 5.41) is 8.12. The molecule has 1 unspecified atom stereocenters. The Morgan fingerprint density at radius 1 is 1.46 bits per heavy atom. The summed E-state index contributed by atoms with van der Waals surface area (Å²) in [6.07, 6.45) is 4.58. The molecule has 1 aliphatic heterocycles. The number of rotatable bonds is 5. The van der Waals surface area contributed by atoms with Crippen molar-refractivity contribution in [1.82, 2.24) is 18.9 Å². The van der Waals surface area contributed by atoms with E-state index in [1.165, 1.54) is 32.5 Å². The molecule has 2 aromatic rings. The van der Waals surface area contributed by atoms with Crippen LogP contribution in [0.4, 0.5) is 5.13 Å². The highest BCUT2D eigenvalue weighted by Gasteiger charge is 2.26. The molecule has 0 aromatic carbocycles. The summed E-state index contributed by atoms with van der Waals surface area (Å²) in [5.74, 6) is 0. The standard InChI is InChI=1S/C14H21N5O3S2/c1-3-5-10-8-12(20)19-14(16-10)23-13(17-19)15-11-6-4-7-18(9-11)24(2,21)22/h8,11H,3-7,9H2,1-2H3,(H,15,17). The summed E-state index contributed by atoms with van der Waals surface area (Å²) in [4.78, 5) is 17.1. The topological polar surface area (TPSA) is 96.7 Å². The smallest absolute Gasteiger partial charge is 0.275 e. The Bertz CT molecular complexity index is 889. The van der Waals surface area contributed by atoms with Crippen molar-refractivity contribution in [1.29, 1.82) is 0 Å². The van der Waals surface area contributed by atoms with Crippen LogP contribution in [0.5, 0.6) is 0 Å². The summed E-state index contributed by atoms with van der Waals surface area (Å²) in [7, 11) is -3.19. The van der Waals surface area contributed by atoms with Gasteiger partial charge in [0.25, 0.3) is 5.56 Å². The van der Waals surface area contributed by atoms with Gasteiger partial charge in [0, 0.05) is 30.9 Å². The van der Waals surface area contributed by atoms with E-state index in [0.29, 0.717) is 23.2 Å². The van der Waals surface area contributed by atoms with Crippen LogP contribution < -0.4 is 10.9 Å². The third-order valence-corrected chi connectivity index (χ3v) is 6.09. The number of nitrogens with one attached hydrogen (secondary N) is 1. The van der Waals surface area contributed by atoms with Gasteiger partial charge in [-0.1, -0.05) is 24.7 Å². The third-order valence-electron chi connectivity index (χ3n) is 3.98. The number of piperidine rings is 1. The van der Waals surface area contributed by atoms with Crippen molar-refractivity contribution in [3.05, 3.63) is 22.1 Å². The number of fused-ring (bicyclic) bond motifs is 1. The van der Waals surface area contributed by atoms with Crippen LogP contribution >= 0.6 is 11.3 Å². The molecule has 1 N–H and O–H groups in total. The normalized spacial score (nSPS) is 19.7. The summed E-state index contributed by atoms with van der Waals surface area (Å²) < 4.78 is 26.2. The molecule has 1 atom stereocenters. The lowest BCUT2D eigenvalue weighted by Crippen LogP contribution is -2.44. The Morgan fingerprint density at radius 2 is 2.25 bits per heavy atom. The monoisotopic (exact) mass is 371 g/mol. The first-order valence-corrected chi connectivity index (χ1v) is 10.6. The highest BCUT2D eigenvalue weighted by atomic mass is 32.2. The zero-order valence-electron chi connectivity index (χ0n) is 13.7. The van der Waals surface area contributed by atoms with Gasteiger partial charge in [0.1, 0.15) is 0 Å². The molecule has 3 rings (SSSR count). The molecule has 0 bridgehead atoms. The molecule has 24 heavy (non-hydrogen) atoms. The highest BCUT2D eigenvalue weighted by molar-refractivity contribution is 7.88. The van der Waals surface area contributed by atoms with E-state index in [1.807, 2.05) is 6.92 Å². The van der Waals surface area contributed by atoms with Crippen LogP contribution in [0, 0.1) is 0 Å². The molecule has 10 heteroatoms. The van der Waals surface area contributed by atoms with E-state index in [-0.39, 0.29) is 11.6 Å². The van der Waals surface area contributed by atoms with Crippen molar-refractivity contribution in [2.24, 2.45) is 0 Å². The van der Waals surface area contributed by atoms with Gasteiger partial charge in [0.2, 0.25) is 20.1 Å². The predicted octanol–water partition coefficient (Wildman–Crippen LogP) is 0.939. The van der Waals surface area contributed by atoms with E-state index in [4.69, 9.17) is 0 Å². The van der Waals surface area contributed by atoms with Crippen LogP contribution in [0.25, 0.3) is 4.96 Å². The van der Waals surface area contributed by atoms with Gasteiger partial charge in [-0.25, -0.2) is 17.7 Å². The Hall–Kier alpha value is -1.52. The summed E-state index contributed by atoms with van der Waals surface area (Å²) >= 11 is 1.32. The lowest BCUT2D eigenvalue weighted by atomic mass is 10.1. The average molecular weight is 371 g/mol. The fourth-order valence-corrected chi connectivity index (χ4v) is 4.65. The number of hydrogen-bond acceptors (Lipinski definition) is 7. The Morgan fingerprint density at radius 3 is 2.96 bits per heavy atom. The van der Waals surface area contributed by atoms with Crippen LogP contribution in [0.3, 0.4) is 0 Å². The number of aromatic nitrogens is 3. The quantitative estimate of drug-likeness (QED) is 0.840. The molecule has 0 radical (unpaired) electrons. The molecule has 0 saturated carbocycles. The number of anilines is 1. The highest BCUT2D eigenvalue weighted by Crippen LogP contribution is 2.21. The average Bonchev–Trinajstić information content (AvgIpc) is 2.90. The molecule has 1 saturated heterocycles. The summed E-state index contributed by atoms with van der Waals surface area (Å²) in [6.45, 7) is 3.01. The lowest BCUT2D eigenvalue weighted by Gasteiger charge is -2.31. The number of nitrogens with zero attached hydrogens (tertiary/aromatic N) is 4. The maximum Gasteiger partial charge on any atom is 0.275 e. The van der Waals surface area contributed by atoms with Crippen LogP contribution in [0.15, 0.2) is 10.9 Å². The van der Waals surface area contributed by atoms with Crippen LogP contribution in [-0.4, -0.2) is 52.7 Å². The SMILES string of the molecule is CCCc1cc(=O)n2nc(NC3CCCN(S(C)(=O)=O)C3)sc2n1. The van der Waals surface area contributed by atoms with Crippen LogP contribution in [-0.2, 0) is 16.4 Å². The van der Waals surface area contributed by atoms with Crippen molar-refractivity contribution in [2.75, 3.05) is 24.7 Å². The number of sulfonamides is 1. The molecule has 1 fully saturated rings. The first-order valence-electron chi connectivity index (χ1n) is 7.98. The molecule has 0 spiro atoms. The zero-order chi connectivity index (χ0) is 17.3. The van der Waals surface area contributed by atoms with Crippen molar-refractivity contribution >= 4 is 31.5 Å². The van der Waals surface area contributed by atoms with Gasteiger partial charge in [-0.15, -0.1) is 5.10 Å². The van der Waals surface area contributed by atoms with Gasteiger partial charge in [-0.3, -0.25) is 4.79 Å². The maximum atomic E-state index is 12.1. The van der Waals surface area contributed by atoms with Gasteiger partial charge in [-0.2, -0.15) is 4.52 Å². The van der Waals surface area contributed by atoms with Crippen molar-refractivity contribution < 1.29 is 8.42 Å². The Labute approximate surface area is 144 Å². The van der Waals surface area contributed by atoms with Crippen LogP contribution in [0.1, 0.15) is 31.9 Å². The van der Waals surface area contributed by atoms with Gasteiger partial charge in [0.15, 0.2) is 0 Å². The Balaban J connectivity index is 1.80. The van der Waals surface area contributed by atoms with Crippen LogP contribution in [0.2, 0.25) is 0 Å². The number of aryl methyl sites for hydroxylation is 1. The summed E-state index contributed by atoms with van der Waals surface area (Å²) in [5.41, 5.74) is 0.591. The third kappa shape index (κ3) is 3.76. The molecule has 1 aliphatic rings. The van der Waals surface area contributed by atoms with Gasteiger partial charge in [0.05, 0.1) is 6.26 Å². The second-order valence-electron chi connectivity index (χ2n) is 6.04. The van der Waals surface area contributed by atoms with E-state index in [1.54, 1.807) is 0 Å². The van der Waals surface area contributed by atoms with Crippen molar-refractivity contribution in [2.45, 2.75) is 38.6 Å². The van der Waals surface area contributed by atoms with Gasteiger partial charge in [-0.05, 0) is 19.3 Å². The first kappa shape index (κ1) is 17.3. The molecule has 0 amide bonds. The van der Waals surface area contributed by atoms with E-state index in [0.717, 1.165) is 31.4 Å². The fraction of sp³-hybridized carbons (Fsp3) is 0.643. The van der Waals surface area contributed by atoms with E-state index < -0.39 is 10.0 Å². The fourth-order valence-electron chi connectivity index (χ4n) is 2.83. The van der Waals surface area contributed by atoms with Gasteiger partial charge >= 0.3 is 0 Å². The largest absolute Gasteiger partial charge is 0.356 e. The van der Waals surface area contributed by atoms with E-state index in [2.05, 4.69) is 15.4 Å². The molecule has 132 valence electrons. The molecular weight excluding hydrogens is 350 g/mol. The van der Waals surface area contributed by atoms with Gasteiger partial charge < -0.3 is 5.32 Å². The first-order chi connectivity index (χ1) is 11.4. The second-order valence-corrected chi connectivity index (χ2v) is 8.98. The van der Waals surface area contributed by atoms with E-state index >= 15 is 0 Å². The number of hydrogen-bond donors (Lipinski definition) is 1. The van der Waals surface area contributed by atoms with Crippen molar-refractivity contribution in [3.63, 3.8) is 0 Å². The van der Waals surface area contributed by atoms with Crippen molar-refractivity contribution in [3.8, 4) is 0 Å². The molecular formula is C14H21N5O3S2. The molecule has 0 aliphatic carbocycles. The second kappa shape index (κ2) is 6.77. The summed E-state index contributed by atoms with van der Waals surface area (Å²) in [6, 6.07) is 1.51. The molecule has 2 aromatic heterocycles. The van der Waals surface area contributed by atoms with E-state index in [9.17, 15) is 13.2 Å². The molecule has 8 nitrogen and oxygen atoms in total. The predicted molar refractivity (Wildman–Crippen MR) is 94.2 cm³/mol. The Kier molecular flexibility index (Phi) is 4.88. The lowest BCUT2D eigenvalue weighted by molar-refractivity contribution is 0.329.